The van der Waals surface area contributed by atoms with Crippen molar-refractivity contribution in [1.82, 2.24) is 0 Å². The van der Waals surface area contributed by atoms with Crippen molar-refractivity contribution in [2.75, 3.05) is 6.61 Å². The molecule has 0 bridgehead atoms. The highest BCUT2D eigenvalue weighted by atomic mass is 16.2. The largest absolute Gasteiger partial charge is 0.236 e. The van der Waals surface area contributed by atoms with Crippen LogP contribution in [0.25, 0.3) is 0 Å². The molecular formula is C12H15O. The molecule has 0 N–H and O–H groups in total. The van der Waals surface area contributed by atoms with Crippen molar-refractivity contribution in [2.45, 2.75) is 19.3 Å². The van der Waals surface area contributed by atoms with Gasteiger partial charge < -0.3 is 0 Å². The van der Waals surface area contributed by atoms with Crippen LogP contribution in [-0.2, 0) is 11.5 Å². The Morgan fingerprint density at radius 1 is 1.00 bits per heavy atom. The Morgan fingerprint density at radius 2 is 1.69 bits per heavy atom. The van der Waals surface area contributed by atoms with Crippen molar-refractivity contribution >= 4 is 0 Å². The molecule has 0 amide bonds. The van der Waals surface area contributed by atoms with Crippen LogP contribution >= 0.6 is 0 Å². The number of allylic oxidation sites excluding steroid dienone is 1. The molecule has 0 fully saturated rings. The first-order valence-corrected chi connectivity index (χ1v) is 4.70. The normalized spacial score (nSPS) is 10.8. The molecule has 0 atom stereocenters. The van der Waals surface area contributed by atoms with E-state index in [1.165, 1.54) is 5.56 Å². The smallest absolute Gasteiger partial charge is 0.0856 e. The molecule has 0 saturated heterocycles. The van der Waals surface area contributed by atoms with Gasteiger partial charge in [-0.1, -0.05) is 42.5 Å². The van der Waals surface area contributed by atoms with Crippen molar-refractivity contribution in [1.29, 1.82) is 0 Å². The third kappa shape index (κ3) is 4.48. The van der Waals surface area contributed by atoms with E-state index in [1.54, 1.807) is 0 Å². The average Bonchev–Trinajstić information content (AvgIpc) is 2.19. The van der Waals surface area contributed by atoms with Crippen molar-refractivity contribution in [2.24, 2.45) is 0 Å². The Morgan fingerprint density at radius 3 is 2.38 bits per heavy atom. The highest BCUT2D eigenvalue weighted by Gasteiger charge is 1.87. The molecule has 1 nitrogen and oxygen atoms in total. The summed E-state index contributed by atoms with van der Waals surface area (Å²) in [7, 11) is 0. The first-order valence-electron chi connectivity index (χ1n) is 4.70. The van der Waals surface area contributed by atoms with Gasteiger partial charge in [-0.05, 0) is 24.8 Å². The van der Waals surface area contributed by atoms with Gasteiger partial charge in [0.2, 0.25) is 0 Å². The summed E-state index contributed by atoms with van der Waals surface area (Å²) >= 11 is 0. The number of benzene rings is 1. The summed E-state index contributed by atoms with van der Waals surface area (Å²) in [5, 5.41) is 10.1. The minimum Gasteiger partial charge on any atom is -0.236 e. The maximum Gasteiger partial charge on any atom is 0.0856 e. The van der Waals surface area contributed by atoms with Crippen LogP contribution in [-0.4, -0.2) is 6.61 Å². The number of hydrogen-bond acceptors (Lipinski definition) is 0. The maximum absolute atomic E-state index is 10.1. The van der Waals surface area contributed by atoms with Crippen molar-refractivity contribution in [3.05, 3.63) is 48.0 Å². The van der Waals surface area contributed by atoms with Gasteiger partial charge in [0.15, 0.2) is 0 Å². The fraction of sp³-hybridized carbons (Fsp3) is 0.333. The topological polar surface area (TPSA) is 19.9 Å². The van der Waals surface area contributed by atoms with E-state index in [9.17, 15) is 5.11 Å². The lowest BCUT2D eigenvalue weighted by Gasteiger charge is -1.95. The fourth-order valence-corrected chi connectivity index (χ4v) is 1.20. The minimum atomic E-state index is 0.00182. The summed E-state index contributed by atoms with van der Waals surface area (Å²) < 4.78 is 0. The molecule has 0 unspecified atom stereocenters. The van der Waals surface area contributed by atoms with Gasteiger partial charge in [0, 0.05) is 0 Å². The zero-order valence-electron chi connectivity index (χ0n) is 7.78. The molecule has 0 aliphatic carbocycles. The lowest BCUT2D eigenvalue weighted by atomic mass is 10.1. The molecule has 0 heterocycles. The molecule has 69 valence electrons. The lowest BCUT2D eigenvalue weighted by molar-refractivity contribution is 0.199. The minimum absolute atomic E-state index is 0.00182. The highest BCUT2D eigenvalue weighted by Crippen LogP contribution is 2.02. The van der Waals surface area contributed by atoms with Crippen LogP contribution < -0.4 is 0 Å². The Hall–Kier alpha value is -1.08. The van der Waals surface area contributed by atoms with E-state index >= 15 is 0 Å². The van der Waals surface area contributed by atoms with Gasteiger partial charge in [-0.3, -0.25) is 0 Å². The van der Waals surface area contributed by atoms with Crippen LogP contribution in [0.15, 0.2) is 42.5 Å². The second-order valence-electron chi connectivity index (χ2n) is 2.99. The molecule has 1 heteroatoms. The Bertz CT molecular complexity index is 239. The molecule has 0 aliphatic heterocycles. The van der Waals surface area contributed by atoms with E-state index < -0.39 is 0 Å². The van der Waals surface area contributed by atoms with Crippen LogP contribution in [0.1, 0.15) is 18.4 Å². The van der Waals surface area contributed by atoms with Crippen molar-refractivity contribution < 1.29 is 5.11 Å². The van der Waals surface area contributed by atoms with Gasteiger partial charge in [-0.25, -0.2) is 5.11 Å². The van der Waals surface area contributed by atoms with E-state index in [0.717, 1.165) is 12.8 Å². The van der Waals surface area contributed by atoms with Gasteiger partial charge >= 0.3 is 0 Å². The van der Waals surface area contributed by atoms with Crippen LogP contribution in [0.5, 0.6) is 0 Å². The van der Waals surface area contributed by atoms with Crippen LogP contribution in [0.3, 0.4) is 0 Å². The summed E-state index contributed by atoms with van der Waals surface area (Å²) in [4.78, 5) is 0. The van der Waals surface area contributed by atoms with Gasteiger partial charge in [0.1, 0.15) is 0 Å². The zero-order valence-corrected chi connectivity index (χ0v) is 7.78. The summed E-state index contributed by atoms with van der Waals surface area (Å²) in [5.41, 5.74) is 1.36. The second kappa shape index (κ2) is 6.44. The number of rotatable bonds is 5. The molecule has 0 aromatic heterocycles. The quantitative estimate of drug-likeness (QED) is 0.613. The third-order valence-corrected chi connectivity index (χ3v) is 1.89. The third-order valence-electron chi connectivity index (χ3n) is 1.89. The zero-order chi connectivity index (χ0) is 9.36. The number of aryl methyl sites for hydroxylation is 1. The Kier molecular flexibility index (Phi) is 4.95. The van der Waals surface area contributed by atoms with Gasteiger partial charge in [0.25, 0.3) is 0 Å². The standard InChI is InChI=1S/C12H15O/c13-11-7-2-1-4-8-12-9-5-3-6-10-12/h1-3,5-6,9-10H,4,7-8,11H2. The van der Waals surface area contributed by atoms with E-state index in [2.05, 4.69) is 30.3 Å². The average molecular weight is 175 g/mol. The van der Waals surface area contributed by atoms with E-state index in [-0.39, 0.29) is 6.61 Å². The molecule has 0 spiro atoms. The molecule has 1 aromatic carbocycles. The van der Waals surface area contributed by atoms with E-state index in [0.29, 0.717) is 6.42 Å². The monoisotopic (exact) mass is 175 g/mol. The predicted octanol–water partition coefficient (Wildman–Crippen LogP) is 3.00. The van der Waals surface area contributed by atoms with Crippen molar-refractivity contribution in [3.63, 3.8) is 0 Å². The molecule has 13 heavy (non-hydrogen) atoms. The van der Waals surface area contributed by atoms with Crippen molar-refractivity contribution in [3.8, 4) is 0 Å². The predicted molar refractivity (Wildman–Crippen MR) is 54.1 cm³/mol. The van der Waals surface area contributed by atoms with Gasteiger partial charge in [0.05, 0.1) is 6.61 Å². The summed E-state index contributed by atoms with van der Waals surface area (Å²) in [5.74, 6) is 0. The molecule has 1 rings (SSSR count). The summed E-state index contributed by atoms with van der Waals surface area (Å²) in [6.45, 7) is 0.00182. The molecular weight excluding hydrogens is 160 g/mol. The Labute approximate surface area is 79.7 Å². The van der Waals surface area contributed by atoms with E-state index in [4.69, 9.17) is 0 Å². The molecule has 0 aliphatic rings. The SMILES string of the molecule is [O]CCC=CCCc1ccccc1. The second-order valence-corrected chi connectivity index (χ2v) is 2.99. The first kappa shape index (κ1) is 10.0. The van der Waals surface area contributed by atoms with Gasteiger partial charge in [-0.2, -0.15) is 0 Å². The summed E-state index contributed by atoms with van der Waals surface area (Å²) in [6.07, 6.45) is 6.82. The van der Waals surface area contributed by atoms with Crippen LogP contribution in [0, 0.1) is 0 Å². The lowest BCUT2D eigenvalue weighted by Crippen LogP contribution is -1.81. The highest BCUT2D eigenvalue weighted by molar-refractivity contribution is 5.15. The first-order chi connectivity index (χ1) is 6.43. The van der Waals surface area contributed by atoms with Gasteiger partial charge in [-0.15, -0.1) is 0 Å². The Balaban J connectivity index is 2.20. The fourth-order valence-electron chi connectivity index (χ4n) is 1.20. The summed E-state index contributed by atoms with van der Waals surface area (Å²) in [6, 6.07) is 10.4. The van der Waals surface area contributed by atoms with Crippen LogP contribution in [0.4, 0.5) is 0 Å². The van der Waals surface area contributed by atoms with Crippen LogP contribution in [0.2, 0.25) is 0 Å². The number of hydrogen-bond donors (Lipinski definition) is 0. The molecule has 0 saturated carbocycles. The maximum atomic E-state index is 10.1. The molecule has 1 radical (unpaired) electrons. The molecule has 1 aromatic rings. The van der Waals surface area contributed by atoms with E-state index in [1.807, 2.05) is 12.1 Å².